The van der Waals surface area contributed by atoms with Gasteiger partial charge in [0, 0.05) is 57.3 Å². The van der Waals surface area contributed by atoms with Gasteiger partial charge in [-0.25, -0.2) is 4.79 Å². The fraction of sp³-hybridized carbons (Fsp3) is 0.895. The summed E-state index contributed by atoms with van der Waals surface area (Å²) in [6, 6.07) is 1.13. The molecule has 0 aromatic heterocycles. The zero-order valence-corrected chi connectivity index (χ0v) is 16.5. The fourth-order valence-corrected chi connectivity index (χ4v) is 4.01. The second-order valence-electron chi connectivity index (χ2n) is 7.95. The van der Waals surface area contributed by atoms with Crippen LogP contribution >= 0.6 is 0 Å². The lowest BCUT2D eigenvalue weighted by molar-refractivity contribution is -0.126. The van der Waals surface area contributed by atoms with E-state index in [9.17, 15) is 9.59 Å². The number of rotatable bonds is 6. The van der Waals surface area contributed by atoms with Crippen LogP contribution in [0.3, 0.4) is 0 Å². The van der Waals surface area contributed by atoms with E-state index >= 15 is 0 Å². The summed E-state index contributed by atoms with van der Waals surface area (Å²) in [5, 5.41) is 3.10. The van der Waals surface area contributed by atoms with E-state index in [1.54, 1.807) is 0 Å². The standard InChI is InChI=1S/C19H36N4O2/c1-15(2)23(16(3)4)14-9-20-18(24)17-7-12-22(13-8-17)19(25)21-10-5-6-11-21/h15-17H,5-14H2,1-4H3,(H,20,24). The summed E-state index contributed by atoms with van der Waals surface area (Å²) in [6.07, 6.45) is 3.80. The van der Waals surface area contributed by atoms with Gasteiger partial charge in [0.1, 0.15) is 0 Å². The summed E-state index contributed by atoms with van der Waals surface area (Å²) in [5.74, 6) is 0.204. The molecule has 0 radical (unpaired) electrons. The van der Waals surface area contributed by atoms with Crippen molar-refractivity contribution in [2.75, 3.05) is 39.3 Å². The Morgan fingerprint density at radius 2 is 1.48 bits per heavy atom. The maximum atomic E-state index is 12.4. The van der Waals surface area contributed by atoms with E-state index in [0.717, 1.165) is 45.3 Å². The van der Waals surface area contributed by atoms with Gasteiger partial charge >= 0.3 is 6.03 Å². The normalized spacial score (nSPS) is 19.3. The van der Waals surface area contributed by atoms with E-state index in [1.165, 1.54) is 0 Å². The minimum Gasteiger partial charge on any atom is -0.355 e. The first-order valence-electron chi connectivity index (χ1n) is 9.97. The monoisotopic (exact) mass is 352 g/mol. The molecule has 2 fully saturated rings. The van der Waals surface area contributed by atoms with Crippen molar-refractivity contribution in [3.05, 3.63) is 0 Å². The number of nitrogens with one attached hydrogen (secondary N) is 1. The van der Waals surface area contributed by atoms with E-state index in [0.29, 0.717) is 31.7 Å². The number of carbonyl (C=O) groups is 2. The molecule has 0 saturated carbocycles. The molecule has 0 aromatic carbocycles. The lowest BCUT2D eigenvalue weighted by Gasteiger charge is -2.34. The minimum atomic E-state index is 0.0502. The zero-order chi connectivity index (χ0) is 18.4. The Morgan fingerprint density at radius 1 is 0.960 bits per heavy atom. The Labute approximate surface area is 152 Å². The molecule has 6 heteroatoms. The molecular weight excluding hydrogens is 316 g/mol. The third-order valence-corrected chi connectivity index (χ3v) is 5.51. The summed E-state index contributed by atoms with van der Waals surface area (Å²) < 4.78 is 0. The fourth-order valence-electron chi connectivity index (χ4n) is 4.01. The second-order valence-corrected chi connectivity index (χ2v) is 7.95. The molecule has 0 aromatic rings. The van der Waals surface area contributed by atoms with Gasteiger partial charge in [0.15, 0.2) is 0 Å². The Balaban J connectivity index is 1.69. The van der Waals surface area contributed by atoms with Crippen LogP contribution in [0.4, 0.5) is 4.79 Å². The van der Waals surface area contributed by atoms with Gasteiger partial charge in [-0.05, 0) is 53.4 Å². The lowest BCUT2D eigenvalue weighted by Crippen LogP contribution is -2.48. The number of likely N-dealkylation sites (tertiary alicyclic amines) is 2. The number of hydrogen-bond donors (Lipinski definition) is 1. The Hall–Kier alpha value is -1.30. The average molecular weight is 353 g/mol. The summed E-state index contributed by atoms with van der Waals surface area (Å²) in [5.41, 5.74) is 0. The highest BCUT2D eigenvalue weighted by atomic mass is 16.2. The van der Waals surface area contributed by atoms with Crippen LogP contribution in [-0.2, 0) is 4.79 Å². The van der Waals surface area contributed by atoms with Crippen LogP contribution in [0.1, 0.15) is 53.4 Å². The Kier molecular flexibility index (Phi) is 7.54. The third-order valence-electron chi connectivity index (χ3n) is 5.51. The first-order valence-corrected chi connectivity index (χ1v) is 9.97. The molecule has 25 heavy (non-hydrogen) atoms. The van der Waals surface area contributed by atoms with E-state index in [1.807, 2.05) is 9.80 Å². The predicted molar refractivity (Wildman–Crippen MR) is 100 cm³/mol. The zero-order valence-electron chi connectivity index (χ0n) is 16.5. The van der Waals surface area contributed by atoms with Crippen molar-refractivity contribution < 1.29 is 9.59 Å². The van der Waals surface area contributed by atoms with Gasteiger partial charge in [0.25, 0.3) is 0 Å². The number of carbonyl (C=O) groups excluding carboxylic acids is 2. The highest BCUT2D eigenvalue weighted by Gasteiger charge is 2.30. The third kappa shape index (κ3) is 5.59. The van der Waals surface area contributed by atoms with Crippen LogP contribution in [0.5, 0.6) is 0 Å². The summed E-state index contributed by atoms with van der Waals surface area (Å²) in [7, 11) is 0. The van der Waals surface area contributed by atoms with Crippen molar-refractivity contribution in [1.82, 2.24) is 20.0 Å². The number of urea groups is 1. The molecule has 2 rings (SSSR count). The van der Waals surface area contributed by atoms with E-state index in [-0.39, 0.29) is 17.9 Å². The topological polar surface area (TPSA) is 55.9 Å². The molecule has 3 amide bonds. The van der Waals surface area contributed by atoms with Crippen LogP contribution in [-0.4, -0.2) is 78.0 Å². The number of amides is 3. The number of piperidine rings is 1. The molecular formula is C19H36N4O2. The molecule has 144 valence electrons. The van der Waals surface area contributed by atoms with Crippen molar-refractivity contribution in [1.29, 1.82) is 0 Å². The molecule has 2 saturated heterocycles. The molecule has 1 N–H and O–H groups in total. The van der Waals surface area contributed by atoms with Crippen molar-refractivity contribution in [2.45, 2.75) is 65.5 Å². The van der Waals surface area contributed by atoms with Gasteiger partial charge in [-0.15, -0.1) is 0 Å². The Morgan fingerprint density at radius 3 is 2.00 bits per heavy atom. The summed E-state index contributed by atoms with van der Waals surface area (Å²) >= 11 is 0. The Bertz CT molecular complexity index is 431. The highest BCUT2D eigenvalue weighted by molar-refractivity contribution is 5.79. The molecule has 0 atom stereocenters. The molecule has 2 heterocycles. The van der Waals surface area contributed by atoms with Gasteiger partial charge < -0.3 is 15.1 Å². The highest BCUT2D eigenvalue weighted by Crippen LogP contribution is 2.20. The average Bonchev–Trinajstić information content (AvgIpc) is 3.11. The van der Waals surface area contributed by atoms with Crippen molar-refractivity contribution in [3.63, 3.8) is 0 Å². The van der Waals surface area contributed by atoms with E-state index in [4.69, 9.17) is 0 Å². The smallest absolute Gasteiger partial charge is 0.319 e. The van der Waals surface area contributed by atoms with Gasteiger partial charge in [0.05, 0.1) is 0 Å². The maximum Gasteiger partial charge on any atom is 0.319 e. The second kappa shape index (κ2) is 9.41. The van der Waals surface area contributed by atoms with Crippen LogP contribution in [0.15, 0.2) is 0 Å². The molecule has 0 unspecified atom stereocenters. The van der Waals surface area contributed by atoms with Gasteiger partial charge in [-0.3, -0.25) is 9.69 Å². The molecule has 6 nitrogen and oxygen atoms in total. The largest absolute Gasteiger partial charge is 0.355 e. The minimum absolute atomic E-state index is 0.0502. The van der Waals surface area contributed by atoms with Gasteiger partial charge in [0.2, 0.25) is 5.91 Å². The molecule has 2 aliphatic rings. The summed E-state index contributed by atoms with van der Waals surface area (Å²) in [4.78, 5) is 31.1. The van der Waals surface area contributed by atoms with E-state index in [2.05, 4.69) is 37.9 Å². The van der Waals surface area contributed by atoms with Gasteiger partial charge in [-0.1, -0.05) is 0 Å². The summed E-state index contributed by atoms with van der Waals surface area (Å²) in [6.45, 7) is 13.5. The lowest BCUT2D eigenvalue weighted by atomic mass is 9.96. The van der Waals surface area contributed by atoms with E-state index < -0.39 is 0 Å². The molecule has 2 aliphatic heterocycles. The predicted octanol–water partition coefficient (Wildman–Crippen LogP) is 2.15. The first kappa shape index (κ1) is 20.0. The quantitative estimate of drug-likeness (QED) is 0.797. The van der Waals surface area contributed by atoms with Crippen LogP contribution in [0.2, 0.25) is 0 Å². The first-order chi connectivity index (χ1) is 11.9. The van der Waals surface area contributed by atoms with Crippen LogP contribution < -0.4 is 5.32 Å². The SMILES string of the molecule is CC(C)N(CCNC(=O)C1CCN(C(=O)N2CCCC2)CC1)C(C)C. The van der Waals surface area contributed by atoms with Crippen molar-refractivity contribution in [2.24, 2.45) is 5.92 Å². The van der Waals surface area contributed by atoms with Gasteiger partial charge in [-0.2, -0.15) is 0 Å². The number of hydrogen-bond acceptors (Lipinski definition) is 3. The van der Waals surface area contributed by atoms with Crippen LogP contribution in [0.25, 0.3) is 0 Å². The molecule has 0 bridgehead atoms. The molecule has 0 spiro atoms. The van der Waals surface area contributed by atoms with Crippen LogP contribution in [0, 0.1) is 5.92 Å². The van der Waals surface area contributed by atoms with Crippen molar-refractivity contribution in [3.8, 4) is 0 Å². The van der Waals surface area contributed by atoms with Crippen molar-refractivity contribution >= 4 is 11.9 Å². The maximum absolute atomic E-state index is 12.4. The number of nitrogens with zero attached hydrogens (tertiary/aromatic N) is 3. The molecule has 0 aliphatic carbocycles.